The van der Waals surface area contributed by atoms with Gasteiger partial charge >= 0.3 is 5.97 Å². The average molecular weight is 266 g/mol. The molecular weight excluding hydrogens is 244 g/mol. The standard InChI is InChI=1S/C10H22N2O4S/c1-4-11-17(15,16)12-8-7-10(2,3)6-5-9(13)14/h11-12H,4-8H2,1-3H3,(H,13,14). The maximum atomic E-state index is 11.3. The molecule has 0 aromatic rings. The molecule has 0 spiro atoms. The first kappa shape index (κ1) is 16.3. The van der Waals surface area contributed by atoms with Gasteiger partial charge in [0.15, 0.2) is 0 Å². The second-order valence-corrected chi connectivity index (χ2v) is 6.29. The maximum absolute atomic E-state index is 11.3. The summed E-state index contributed by atoms with van der Waals surface area (Å²) in [7, 11) is -3.40. The Balaban J connectivity index is 3.98. The molecule has 0 aromatic heterocycles. The van der Waals surface area contributed by atoms with Gasteiger partial charge < -0.3 is 5.11 Å². The minimum Gasteiger partial charge on any atom is -0.481 e. The summed E-state index contributed by atoms with van der Waals surface area (Å²) < 4.78 is 27.3. The largest absolute Gasteiger partial charge is 0.481 e. The van der Waals surface area contributed by atoms with Crippen molar-refractivity contribution < 1.29 is 18.3 Å². The van der Waals surface area contributed by atoms with Crippen LogP contribution in [0.25, 0.3) is 0 Å². The van der Waals surface area contributed by atoms with Gasteiger partial charge in [0, 0.05) is 19.5 Å². The molecule has 17 heavy (non-hydrogen) atoms. The molecule has 7 heteroatoms. The van der Waals surface area contributed by atoms with Crippen molar-refractivity contribution in [3.63, 3.8) is 0 Å². The lowest BCUT2D eigenvalue weighted by atomic mass is 9.84. The van der Waals surface area contributed by atoms with Gasteiger partial charge in [-0.15, -0.1) is 0 Å². The predicted molar refractivity (Wildman–Crippen MR) is 65.9 cm³/mol. The fourth-order valence-electron chi connectivity index (χ4n) is 1.34. The highest BCUT2D eigenvalue weighted by Gasteiger charge is 2.19. The van der Waals surface area contributed by atoms with Crippen molar-refractivity contribution in [2.24, 2.45) is 5.41 Å². The maximum Gasteiger partial charge on any atom is 0.303 e. The van der Waals surface area contributed by atoms with Crippen LogP contribution in [0.2, 0.25) is 0 Å². The van der Waals surface area contributed by atoms with Gasteiger partial charge in [0.25, 0.3) is 10.2 Å². The number of carbonyl (C=O) groups is 1. The molecule has 0 aliphatic heterocycles. The molecule has 0 rings (SSSR count). The molecule has 0 radical (unpaired) electrons. The van der Waals surface area contributed by atoms with Gasteiger partial charge in [0.05, 0.1) is 0 Å². The summed E-state index contributed by atoms with van der Waals surface area (Å²) in [5, 5.41) is 8.58. The van der Waals surface area contributed by atoms with Crippen molar-refractivity contribution >= 4 is 16.2 Å². The number of rotatable bonds is 9. The van der Waals surface area contributed by atoms with E-state index in [4.69, 9.17) is 5.11 Å². The Labute approximate surface area is 103 Å². The Morgan fingerprint density at radius 1 is 1.24 bits per heavy atom. The van der Waals surface area contributed by atoms with Crippen LogP contribution in [0.15, 0.2) is 0 Å². The van der Waals surface area contributed by atoms with Gasteiger partial charge in [-0.25, -0.2) is 9.44 Å². The van der Waals surface area contributed by atoms with Gasteiger partial charge in [0.1, 0.15) is 0 Å². The summed E-state index contributed by atoms with van der Waals surface area (Å²) in [6.45, 7) is 6.21. The Bertz CT molecular complexity index is 338. The molecule has 0 aliphatic rings. The second-order valence-electron chi connectivity index (χ2n) is 4.70. The van der Waals surface area contributed by atoms with Crippen LogP contribution in [0.3, 0.4) is 0 Å². The molecule has 0 amide bonds. The van der Waals surface area contributed by atoms with Crippen LogP contribution >= 0.6 is 0 Å². The molecular formula is C10H22N2O4S. The van der Waals surface area contributed by atoms with E-state index in [2.05, 4.69) is 9.44 Å². The van der Waals surface area contributed by atoms with Crippen molar-refractivity contribution in [3.8, 4) is 0 Å². The van der Waals surface area contributed by atoms with Gasteiger partial charge in [-0.3, -0.25) is 4.79 Å². The van der Waals surface area contributed by atoms with Crippen molar-refractivity contribution in [2.75, 3.05) is 13.1 Å². The molecule has 0 aromatic carbocycles. The number of hydrogen-bond acceptors (Lipinski definition) is 3. The van der Waals surface area contributed by atoms with Crippen molar-refractivity contribution in [1.82, 2.24) is 9.44 Å². The van der Waals surface area contributed by atoms with Gasteiger partial charge in [-0.1, -0.05) is 20.8 Å². The number of aliphatic carboxylic acids is 1. The highest BCUT2D eigenvalue weighted by Crippen LogP contribution is 2.25. The Hall–Kier alpha value is -0.660. The molecule has 0 aliphatic carbocycles. The number of nitrogens with one attached hydrogen (secondary N) is 2. The zero-order valence-corrected chi connectivity index (χ0v) is 11.4. The first-order valence-corrected chi connectivity index (χ1v) is 7.13. The van der Waals surface area contributed by atoms with Crippen molar-refractivity contribution in [1.29, 1.82) is 0 Å². The third-order valence-corrected chi connectivity index (χ3v) is 3.70. The van der Waals surface area contributed by atoms with Crippen LogP contribution in [-0.2, 0) is 15.0 Å². The zero-order valence-electron chi connectivity index (χ0n) is 10.6. The van der Waals surface area contributed by atoms with E-state index >= 15 is 0 Å². The third kappa shape index (κ3) is 9.08. The number of carboxylic acids is 1. The van der Waals surface area contributed by atoms with Crippen LogP contribution in [0.4, 0.5) is 0 Å². The van der Waals surface area contributed by atoms with E-state index in [1.165, 1.54) is 0 Å². The molecule has 0 atom stereocenters. The summed E-state index contributed by atoms with van der Waals surface area (Å²) in [6.07, 6.45) is 1.24. The minimum atomic E-state index is -3.40. The first-order chi connectivity index (χ1) is 7.68. The van der Waals surface area contributed by atoms with Gasteiger partial charge in [0.2, 0.25) is 0 Å². The van der Waals surface area contributed by atoms with E-state index in [1.54, 1.807) is 6.92 Å². The molecule has 0 saturated heterocycles. The van der Waals surface area contributed by atoms with Crippen molar-refractivity contribution in [2.45, 2.75) is 40.0 Å². The fourth-order valence-corrected chi connectivity index (χ4v) is 2.19. The molecule has 3 N–H and O–H groups in total. The summed E-state index contributed by atoms with van der Waals surface area (Å²) >= 11 is 0. The van der Waals surface area contributed by atoms with Gasteiger partial charge in [-0.05, 0) is 18.3 Å². The molecule has 0 heterocycles. The summed E-state index contributed by atoms with van der Waals surface area (Å²) in [6, 6.07) is 0. The fraction of sp³-hybridized carbons (Fsp3) is 0.900. The predicted octanol–water partition coefficient (Wildman–Crippen LogP) is 0.711. The average Bonchev–Trinajstić information content (AvgIpc) is 2.14. The second kappa shape index (κ2) is 6.93. The lowest BCUT2D eigenvalue weighted by molar-refractivity contribution is -0.137. The molecule has 102 valence electrons. The van der Waals surface area contributed by atoms with Gasteiger partial charge in [-0.2, -0.15) is 8.42 Å². The SMILES string of the molecule is CCNS(=O)(=O)NCCC(C)(C)CCC(=O)O. The molecule has 6 nitrogen and oxygen atoms in total. The number of carboxylic acid groups (broad SMARTS) is 1. The Kier molecular flexibility index (Phi) is 6.66. The van der Waals surface area contributed by atoms with Crippen molar-refractivity contribution in [3.05, 3.63) is 0 Å². The molecule has 0 bridgehead atoms. The Morgan fingerprint density at radius 3 is 2.29 bits per heavy atom. The van der Waals surface area contributed by atoms with E-state index < -0.39 is 16.2 Å². The number of hydrogen-bond donors (Lipinski definition) is 3. The third-order valence-electron chi connectivity index (χ3n) is 2.44. The highest BCUT2D eigenvalue weighted by atomic mass is 32.2. The minimum absolute atomic E-state index is 0.104. The lowest BCUT2D eigenvalue weighted by Gasteiger charge is -2.23. The van der Waals surface area contributed by atoms with E-state index in [0.29, 0.717) is 25.9 Å². The summed E-state index contributed by atoms with van der Waals surface area (Å²) in [5.41, 5.74) is -0.187. The topological polar surface area (TPSA) is 95.5 Å². The van der Waals surface area contributed by atoms with E-state index in [9.17, 15) is 13.2 Å². The quantitative estimate of drug-likeness (QED) is 0.573. The van der Waals surface area contributed by atoms with Crippen LogP contribution in [-0.4, -0.2) is 32.6 Å². The van der Waals surface area contributed by atoms with Crippen LogP contribution in [0.1, 0.15) is 40.0 Å². The lowest BCUT2D eigenvalue weighted by Crippen LogP contribution is -2.38. The molecule has 0 saturated carbocycles. The van der Waals surface area contributed by atoms with E-state index in [1.807, 2.05) is 13.8 Å². The highest BCUT2D eigenvalue weighted by molar-refractivity contribution is 7.87. The first-order valence-electron chi connectivity index (χ1n) is 5.64. The smallest absolute Gasteiger partial charge is 0.303 e. The zero-order chi connectivity index (χ0) is 13.5. The normalized spacial score (nSPS) is 12.6. The molecule has 0 unspecified atom stereocenters. The van der Waals surface area contributed by atoms with Crippen LogP contribution in [0.5, 0.6) is 0 Å². The van der Waals surface area contributed by atoms with E-state index in [0.717, 1.165) is 0 Å². The molecule has 0 fully saturated rings. The Morgan fingerprint density at radius 2 is 1.82 bits per heavy atom. The summed E-state index contributed by atoms with van der Waals surface area (Å²) in [5.74, 6) is -0.827. The van der Waals surface area contributed by atoms with E-state index in [-0.39, 0.29) is 11.8 Å². The monoisotopic (exact) mass is 266 g/mol. The van der Waals surface area contributed by atoms with Crippen LogP contribution < -0.4 is 9.44 Å². The van der Waals surface area contributed by atoms with Crippen LogP contribution in [0, 0.1) is 5.41 Å². The summed E-state index contributed by atoms with van der Waals surface area (Å²) in [4.78, 5) is 10.4.